The normalized spacial score (nSPS) is 10.6. The van der Waals surface area contributed by atoms with Crippen LogP contribution in [0.15, 0.2) is 36.1 Å². The monoisotopic (exact) mass is 319 g/mol. The fourth-order valence-electron chi connectivity index (χ4n) is 1.85. The highest BCUT2D eigenvalue weighted by Gasteiger charge is 2.05. The summed E-state index contributed by atoms with van der Waals surface area (Å²) in [5.41, 5.74) is 4.40. The summed E-state index contributed by atoms with van der Waals surface area (Å²) < 4.78 is 17.1. The number of nitrogens with zero attached hydrogens (tertiary/aromatic N) is 3. The number of hydrogen-bond acceptors (Lipinski definition) is 6. The summed E-state index contributed by atoms with van der Waals surface area (Å²) in [6.07, 6.45) is 3.44. The van der Waals surface area contributed by atoms with Crippen molar-refractivity contribution in [3.8, 4) is 17.1 Å². The Kier molecular flexibility index (Phi) is 4.59. The Balaban J connectivity index is 1.62. The topological polar surface area (TPSA) is 75.7 Å². The quantitative estimate of drug-likeness (QED) is 0.700. The number of halogens is 1. The zero-order chi connectivity index (χ0) is 15.2. The third kappa shape index (κ3) is 3.59. The van der Waals surface area contributed by atoms with E-state index in [4.69, 9.17) is 4.74 Å². The number of thiazole rings is 1. The summed E-state index contributed by atoms with van der Waals surface area (Å²) in [4.78, 5) is 8.13. The van der Waals surface area contributed by atoms with Crippen LogP contribution < -0.4 is 10.1 Å². The molecule has 0 spiro atoms. The van der Waals surface area contributed by atoms with Crippen LogP contribution in [0.25, 0.3) is 11.3 Å². The van der Waals surface area contributed by atoms with Gasteiger partial charge in [-0.2, -0.15) is 5.10 Å². The Labute approximate surface area is 130 Å². The molecular formula is C14H14FN5OS. The molecule has 0 bridgehead atoms. The average Bonchev–Trinajstić information content (AvgIpc) is 3.23. The van der Waals surface area contributed by atoms with Gasteiger partial charge in [-0.25, -0.2) is 9.37 Å². The zero-order valence-electron chi connectivity index (χ0n) is 11.6. The second-order valence-corrected chi connectivity index (χ2v) is 5.31. The fraction of sp³-hybridized carbons (Fsp3) is 0.214. The van der Waals surface area contributed by atoms with Gasteiger partial charge in [0.05, 0.1) is 29.6 Å². The number of nitrogens with one attached hydrogen (secondary N) is 2. The zero-order valence-corrected chi connectivity index (χ0v) is 12.4. The molecule has 0 unspecified atom stereocenters. The highest BCUT2D eigenvalue weighted by atomic mass is 32.1. The Morgan fingerprint density at radius 1 is 1.32 bits per heavy atom. The number of ether oxygens (including phenoxy) is 1. The minimum atomic E-state index is -0.529. The first-order chi connectivity index (χ1) is 10.8. The molecule has 0 aliphatic carbocycles. The molecule has 3 aromatic rings. The first kappa shape index (κ1) is 14.5. The Bertz CT molecular complexity index is 698. The minimum Gasteiger partial charge on any atom is -0.475 e. The van der Waals surface area contributed by atoms with E-state index in [1.54, 1.807) is 35.3 Å². The van der Waals surface area contributed by atoms with E-state index in [1.165, 1.54) is 0 Å². The lowest BCUT2D eigenvalue weighted by Crippen LogP contribution is -2.00. The van der Waals surface area contributed by atoms with Crippen molar-refractivity contribution in [3.05, 3.63) is 41.8 Å². The molecule has 0 saturated heterocycles. The van der Waals surface area contributed by atoms with E-state index in [0.29, 0.717) is 12.4 Å². The second kappa shape index (κ2) is 6.99. The number of aromatic nitrogens is 4. The molecule has 6 nitrogen and oxygen atoms in total. The highest BCUT2D eigenvalue weighted by molar-refractivity contribution is 7.13. The first-order valence-corrected chi connectivity index (χ1v) is 7.55. The van der Waals surface area contributed by atoms with Crippen LogP contribution >= 0.6 is 11.3 Å². The number of alkyl halides is 1. The minimum absolute atomic E-state index is 0.0160. The van der Waals surface area contributed by atoms with Crippen LogP contribution in [0.1, 0.15) is 5.69 Å². The van der Waals surface area contributed by atoms with E-state index in [1.807, 2.05) is 12.1 Å². The van der Waals surface area contributed by atoms with Gasteiger partial charge in [0.2, 0.25) is 5.88 Å². The maximum absolute atomic E-state index is 12.0. The molecular weight excluding hydrogens is 305 g/mol. The number of anilines is 1. The van der Waals surface area contributed by atoms with Crippen molar-refractivity contribution in [1.29, 1.82) is 0 Å². The van der Waals surface area contributed by atoms with Crippen LogP contribution in [0.2, 0.25) is 0 Å². The molecule has 3 aromatic heterocycles. The number of hydrogen-bond donors (Lipinski definition) is 2. The maximum Gasteiger partial charge on any atom is 0.213 e. The lowest BCUT2D eigenvalue weighted by molar-refractivity contribution is 0.264. The molecule has 0 aliphatic heterocycles. The van der Waals surface area contributed by atoms with E-state index in [2.05, 4.69) is 25.5 Å². The molecule has 3 heterocycles. The average molecular weight is 319 g/mol. The number of aromatic amines is 1. The molecule has 0 aliphatic rings. The van der Waals surface area contributed by atoms with Gasteiger partial charge in [0.25, 0.3) is 0 Å². The molecule has 8 heteroatoms. The van der Waals surface area contributed by atoms with E-state index < -0.39 is 6.67 Å². The third-order valence-corrected chi connectivity index (χ3v) is 3.61. The number of pyridine rings is 1. The van der Waals surface area contributed by atoms with Gasteiger partial charge >= 0.3 is 0 Å². The molecule has 0 saturated carbocycles. The largest absolute Gasteiger partial charge is 0.475 e. The summed E-state index contributed by atoms with van der Waals surface area (Å²) in [5.74, 6) is 0.407. The maximum atomic E-state index is 12.0. The van der Waals surface area contributed by atoms with Crippen LogP contribution in [0.3, 0.4) is 0 Å². The summed E-state index contributed by atoms with van der Waals surface area (Å²) in [7, 11) is 0. The van der Waals surface area contributed by atoms with Gasteiger partial charge in [0.1, 0.15) is 18.3 Å². The van der Waals surface area contributed by atoms with Crippen LogP contribution in [0, 0.1) is 0 Å². The molecule has 2 N–H and O–H groups in total. The van der Waals surface area contributed by atoms with Gasteiger partial charge in [-0.3, -0.25) is 10.1 Å². The summed E-state index contributed by atoms with van der Waals surface area (Å²) in [6, 6.07) is 5.50. The van der Waals surface area contributed by atoms with Crippen LogP contribution in [0.5, 0.6) is 5.88 Å². The Morgan fingerprint density at radius 2 is 2.27 bits per heavy atom. The molecule has 114 valence electrons. The van der Waals surface area contributed by atoms with Crippen molar-refractivity contribution < 1.29 is 9.13 Å². The molecule has 0 aromatic carbocycles. The van der Waals surface area contributed by atoms with E-state index in [0.717, 1.165) is 22.0 Å². The predicted octanol–water partition coefficient (Wildman–Crippen LogP) is 2.89. The van der Waals surface area contributed by atoms with E-state index in [-0.39, 0.29) is 6.61 Å². The standard InChI is InChI=1S/C14H14FN5OS/c15-3-4-21-13-2-1-10(6-17-13)12-5-11(19-20-12)7-18-14-8-16-9-22-14/h1-2,5-6,8-9,18H,3-4,7H2,(H,19,20). The van der Waals surface area contributed by atoms with E-state index in [9.17, 15) is 4.39 Å². The number of H-pyrrole nitrogens is 1. The summed E-state index contributed by atoms with van der Waals surface area (Å²) in [5, 5.41) is 11.5. The summed E-state index contributed by atoms with van der Waals surface area (Å²) >= 11 is 1.55. The first-order valence-electron chi connectivity index (χ1n) is 6.67. The molecule has 0 atom stereocenters. The van der Waals surface area contributed by atoms with Gasteiger partial charge in [-0.05, 0) is 12.1 Å². The molecule has 0 amide bonds. The lowest BCUT2D eigenvalue weighted by Gasteiger charge is -2.02. The van der Waals surface area contributed by atoms with Crippen molar-refractivity contribution >= 4 is 16.3 Å². The van der Waals surface area contributed by atoms with Crippen molar-refractivity contribution in [2.75, 3.05) is 18.6 Å². The number of rotatable bonds is 7. The molecule has 0 fully saturated rings. The van der Waals surface area contributed by atoms with Crippen molar-refractivity contribution in [1.82, 2.24) is 20.2 Å². The third-order valence-electron chi connectivity index (χ3n) is 2.88. The Morgan fingerprint density at radius 3 is 3.00 bits per heavy atom. The van der Waals surface area contributed by atoms with E-state index >= 15 is 0 Å². The fourth-order valence-corrected chi connectivity index (χ4v) is 2.36. The van der Waals surface area contributed by atoms with Gasteiger partial charge in [-0.1, -0.05) is 0 Å². The van der Waals surface area contributed by atoms with Crippen molar-refractivity contribution in [2.24, 2.45) is 0 Å². The Hall–Kier alpha value is -2.48. The van der Waals surface area contributed by atoms with Crippen LogP contribution in [-0.4, -0.2) is 33.4 Å². The predicted molar refractivity (Wildman–Crippen MR) is 82.7 cm³/mol. The highest BCUT2D eigenvalue weighted by Crippen LogP contribution is 2.20. The molecule has 0 radical (unpaired) electrons. The SMILES string of the molecule is FCCOc1ccc(-c2cc(CNc3cncs3)[nH]n2)cn1. The second-order valence-electron chi connectivity index (χ2n) is 4.42. The van der Waals surface area contributed by atoms with Gasteiger partial charge in [-0.15, -0.1) is 11.3 Å². The van der Waals surface area contributed by atoms with Gasteiger partial charge in [0.15, 0.2) is 0 Å². The summed E-state index contributed by atoms with van der Waals surface area (Å²) in [6.45, 7) is 0.126. The van der Waals surface area contributed by atoms with Crippen molar-refractivity contribution in [2.45, 2.75) is 6.54 Å². The van der Waals surface area contributed by atoms with Crippen LogP contribution in [-0.2, 0) is 6.54 Å². The molecule has 22 heavy (non-hydrogen) atoms. The van der Waals surface area contributed by atoms with Crippen molar-refractivity contribution in [3.63, 3.8) is 0 Å². The molecule has 3 rings (SSSR count). The van der Waals surface area contributed by atoms with Gasteiger partial charge in [0, 0.05) is 17.8 Å². The van der Waals surface area contributed by atoms with Gasteiger partial charge < -0.3 is 10.1 Å². The lowest BCUT2D eigenvalue weighted by atomic mass is 10.2. The van der Waals surface area contributed by atoms with Crippen LogP contribution in [0.4, 0.5) is 9.39 Å². The smallest absolute Gasteiger partial charge is 0.213 e.